The van der Waals surface area contributed by atoms with Gasteiger partial charge in [-0.1, -0.05) is 0 Å². The van der Waals surface area contributed by atoms with E-state index in [1.807, 2.05) is 24.3 Å². The molecular weight excluding hydrogens is 202 g/mol. The summed E-state index contributed by atoms with van der Waals surface area (Å²) in [5, 5.41) is 8.57. The zero-order valence-corrected chi connectivity index (χ0v) is 8.74. The minimum Gasteiger partial charge on any atom is -0.192 e. The molecule has 68 valence electrons. The van der Waals surface area contributed by atoms with Gasteiger partial charge in [0.05, 0.1) is 11.6 Å². The maximum absolute atomic E-state index is 8.57. The number of alkyl halides is 1. The van der Waals surface area contributed by atoms with Crippen LogP contribution in [-0.4, -0.2) is 11.6 Å². The molecule has 0 aromatic heterocycles. The Labute approximate surface area is 87.7 Å². The first-order valence-corrected chi connectivity index (χ1v) is 5.58. The van der Waals surface area contributed by atoms with Crippen molar-refractivity contribution < 1.29 is 0 Å². The lowest BCUT2D eigenvalue weighted by Crippen LogP contribution is -1.81. The highest BCUT2D eigenvalue weighted by molar-refractivity contribution is 7.99. The van der Waals surface area contributed by atoms with E-state index in [1.165, 1.54) is 4.90 Å². The minimum absolute atomic E-state index is 0.710. The lowest BCUT2D eigenvalue weighted by Gasteiger charge is -1.98. The van der Waals surface area contributed by atoms with E-state index in [-0.39, 0.29) is 0 Å². The van der Waals surface area contributed by atoms with E-state index >= 15 is 0 Å². The molecule has 1 aromatic carbocycles. The Bertz CT molecular complexity index is 289. The summed E-state index contributed by atoms with van der Waals surface area (Å²) in [7, 11) is 0. The predicted octanol–water partition coefficient (Wildman–Crippen LogP) is 3.28. The van der Waals surface area contributed by atoms with Crippen LogP contribution in [0.4, 0.5) is 0 Å². The molecule has 0 saturated carbocycles. The summed E-state index contributed by atoms with van der Waals surface area (Å²) in [6.45, 7) is 0. The van der Waals surface area contributed by atoms with E-state index in [9.17, 15) is 0 Å². The molecule has 0 amide bonds. The topological polar surface area (TPSA) is 23.8 Å². The van der Waals surface area contributed by atoms with Crippen LogP contribution in [-0.2, 0) is 0 Å². The third-order valence-electron chi connectivity index (χ3n) is 1.53. The molecule has 0 radical (unpaired) electrons. The monoisotopic (exact) mass is 211 g/mol. The van der Waals surface area contributed by atoms with Gasteiger partial charge in [0.1, 0.15) is 0 Å². The average molecular weight is 212 g/mol. The van der Waals surface area contributed by atoms with Crippen LogP contribution in [0.15, 0.2) is 29.2 Å². The van der Waals surface area contributed by atoms with E-state index in [0.717, 1.165) is 12.2 Å². The highest BCUT2D eigenvalue weighted by Crippen LogP contribution is 2.18. The van der Waals surface area contributed by atoms with E-state index in [1.54, 1.807) is 11.8 Å². The molecule has 13 heavy (non-hydrogen) atoms. The molecule has 0 fully saturated rings. The molecule has 0 atom stereocenters. The SMILES string of the molecule is N#Cc1ccc(SCCCCl)cc1. The van der Waals surface area contributed by atoms with Crippen LogP contribution in [0.25, 0.3) is 0 Å². The van der Waals surface area contributed by atoms with E-state index in [0.29, 0.717) is 11.4 Å². The summed E-state index contributed by atoms with van der Waals surface area (Å²) in [5.41, 5.74) is 0.710. The van der Waals surface area contributed by atoms with Crippen molar-refractivity contribution in [2.45, 2.75) is 11.3 Å². The van der Waals surface area contributed by atoms with Crippen molar-refractivity contribution in [1.29, 1.82) is 5.26 Å². The first-order valence-electron chi connectivity index (χ1n) is 4.06. The smallest absolute Gasteiger partial charge is 0.0991 e. The van der Waals surface area contributed by atoms with Gasteiger partial charge in [0, 0.05) is 10.8 Å². The summed E-state index contributed by atoms with van der Waals surface area (Å²) in [4.78, 5) is 1.20. The molecule has 0 spiro atoms. The van der Waals surface area contributed by atoms with E-state index in [2.05, 4.69) is 6.07 Å². The van der Waals surface area contributed by atoms with Gasteiger partial charge >= 0.3 is 0 Å². The summed E-state index contributed by atoms with van der Waals surface area (Å²) in [5.74, 6) is 1.75. The molecule has 0 aliphatic heterocycles. The first-order chi connectivity index (χ1) is 6.36. The molecule has 1 aromatic rings. The van der Waals surface area contributed by atoms with Crippen molar-refractivity contribution >= 4 is 23.4 Å². The lowest BCUT2D eigenvalue weighted by molar-refractivity contribution is 1.11. The number of halogens is 1. The fourth-order valence-electron chi connectivity index (χ4n) is 0.870. The molecule has 0 aliphatic rings. The number of nitrogens with zero attached hydrogens (tertiary/aromatic N) is 1. The standard InChI is InChI=1S/C10H10ClNS/c11-6-1-7-13-10-4-2-9(8-12)3-5-10/h2-5H,1,6-7H2. The van der Waals surface area contributed by atoms with Crippen molar-refractivity contribution in [3.8, 4) is 6.07 Å². The van der Waals surface area contributed by atoms with Gasteiger partial charge < -0.3 is 0 Å². The second kappa shape index (κ2) is 5.90. The number of benzene rings is 1. The van der Waals surface area contributed by atoms with E-state index in [4.69, 9.17) is 16.9 Å². The van der Waals surface area contributed by atoms with Crippen LogP contribution in [0, 0.1) is 11.3 Å². The highest BCUT2D eigenvalue weighted by Gasteiger charge is 1.94. The van der Waals surface area contributed by atoms with Crippen molar-refractivity contribution in [1.82, 2.24) is 0 Å². The molecule has 3 heteroatoms. The maximum atomic E-state index is 8.57. The quantitative estimate of drug-likeness (QED) is 0.434. The number of hydrogen-bond acceptors (Lipinski definition) is 2. The second-order valence-electron chi connectivity index (χ2n) is 2.53. The van der Waals surface area contributed by atoms with Gasteiger partial charge in [-0.15, -0.1) is 23.4 Å². The Morgan fingerprint density at radius 3 is 2.54 bits per heavy atom. The Balaban J connectivity index is 2.46. The highest BCUT2D eigenvalue weighted by atomic mass is 35.5. The van der Waals surface area contributed by atoms with Crippen LogP contribution in [0.5, 0.6) is 0 Å². The molecule has 0 heterocycles. The molecule has 1 rings (SSSR count). The molecule has 0 unspecified atom stereocenters. The maximum Gasteiger partial charge on any atom is 0.0991 e. The third-order valence-corrected chi connectivity index (χ3v) is 2.90. The fourth-order valence-corrected chi connectivity index (χ4v) is 2.02. The molecule has 0 N–H and O–H groups in total. The van der Waals surface area contributed by atoms with Crippen LogP contribution < -0.4 is 0 Å². The second-order valence-corrected chi connectivity index (χ2v) is 4.07. The van der Waals surface area contributed by atoms with Gasteiger partial charge in [-0.25, -0.2) is 0 Å². The van der Waals surface area contributed by atoms with Crippen LogP contribution in [0.2, 0.25) is 0 Å². The normalized spacial score (nSPS) is 9.54. The average Bonchev–Trinajstić information content (AvgIpc) is 2.19. The lowest BCUT2D eigenvalue weighted by atomic mass is 10.2. The van der Waals surface area contributed by atoms with Crippen molar-refractivity contribution in [2.24, 2.45) is 0 Å². The van der Waals surface area contributed by atoms with E-state index < -0.39 is 0 Å². The zero-order valence-electron chi connectivity index (χ0n) is 7.16. The Morgan fingerprint density at radius 1 is 1.31 bits per heavy atom. The molecule has 0 saturated heterocycles. The van der Waals surface area contributed by atoms with Gasteiger partial charge in [-0.3, -0.25) is 0 Å². The Kier molecular flexibility index (Phi) is 4.74. The van der Waals surface area contributed by atoms with Gasteiger partial charge in [0.15, 0.2) is 0 Å². The van der Waals surface area contributed by atoms with Crippen molar-refractivity contribution in [3.63, 3.8) is 0 Å². The minimum atomic E-state index is 0.710. The van der Waals surface area contributed by atoms with Crippen LogP contribution in [0.3, 0.4) is 0 Å². The molecular formula is C10H10ClNS. The largest absolute Gasteiger partial charge is 0.192 e. The molecule has 0 aliphatic carbocycles. The summed E-state index contributed by atoms with van der Waals surface area (Å²) in [6, 6.07) is 9.70. The third kappa shape index (κ3) is 3.71. The predicted molar refractivity (Wildman–Crippen MR) is 57.2 cm³/mol. The van der Waals surface area contributed by atoms with Crippen LogP contribution in [0.1, 0.15) is 12.0 Å². The zero-order chi connectivity index (χ0) is 9.52. The fraction of sp³-hybridized carbons (Fsp3) is 0.300. The number of nitriles is 1. The molecule has 1 nitrogen and oxygen atoms in total. The summed E-state index contributed by atoms with van der Waals surface area (Å²) < 4.78 is 0. The first kappa shape index (κ1) is 10.4. The van der Waals surface area contributed by atoms with Gasteiger partial charge in [0.2, 0.25) is 0 Å². The number of hydrogen-bond donors (Lipinski definition) is 0. The Morgan fingerprint density at radius 2 is 2.00 bits per heavy atom. The summed E-state index contributed by atoms with van der Waals surface area (Å²) >= 11 is 7.33. The van der Waals surface area contributed by atoms with Gasteiger partial charge in [-0.05, 0) is 36.4 Å². The van der Waals surface area contributed by atoms with Crippen molar-refractivity contribution in [2.75, 3.05) is 11.6 Å². The van der Waals surface area contributed by atoms with Crippen LogP contribution >= 0.6 is 23.4 Å². The molecule has 0 bridgehead atoms. The number of thioether (sulfide) groups is 1. The van der Waals surface area contributed by atoms with Crippen molar-refractivity contribution in [3.05, 3.63) is 29.8 Å². The van der Waals surface area contributed by atoms with Gasteiger partial charge in [-0.2, -0.15) is 5.26 Å². The summed E-state index contributed by atoms with van der Waals surface area (Å²) in [6.07, 6.45) is 1.02. The Hall–Kier alpha value is -0.650. The number of rotatable bonds is 4. The van der Waals surface area contributed by atoms with Gasteiger partial charge in [0.25, 0.3) is 0 Å².